The van der Waals surface area contributed by atoms with Crippen molar-refractivity contribution in [3.05, 3.63) is 48.0 Å². The molecule has 132 valence electrons. The van der Waals surface area contributed by atoms with Crippen molar-refractivity contribution in [3.63, 3.8) is 0 Å². The van der Waals surface area contributed by atoms with Crippen LogP contribution in [0, 0.1) is 0 Å². The number of carbonyl (C=O) groups is 2. The lowest BCUT2D eigenvalue weighted by Crippen LogP contribution is -2.43. The number of rotatable bonds is 7. The van der Waals surface area contributed by atoms with Gasteiger partial charge in [-0.3, -0.25) is 4.79 Å². The van der Waals surface area contributed by atoms with Crippen molar-refractivity contribution in [1.82, 2.24) is 10.2 Å². The van der Waals surface area contributed by atoms with Crippen LogP contribution < -0.4 is 5.32 Å². The molecule has 5 heteroatoms. The third-order valence-corrected chi connectivity index (χ3v) is 4.69. The van der Waals surface area contributed by atoms with Gasteiger partial charge in [-0.25, -0.2) is 4.79 Å². The normalized spacial score (nSPS) is 14.9. The fourth-order valence-corrected chi connectivity index (χ4v) is 3.17. The van der Waals surface area contributed by atoms with E-state index in [0.717, 1.165) is 18.4 Å². The lowest BCUT2D eigenvalue weighted by Gasteiger charge is -2.30. The number of carboxylic acid groups (broad SMARTS) is 1. The van der Waals surface area contributed by atoms with Gasteiger partial charge in [0, 0.05) is 19.0 Å². The molecular formula is C20H24N2O3. The van der Waals surface area contributed by atoms with E-state index in [1.165, 1.54) is 10.8 Å². The molecule has 1 fully saturated rings. The molecule has 0 bridgehead atoms. The lowest BCUT2D eigenvalue weighted by atomic mass is 10.0. The van der Waals surface area contributed by atoms with Crippen molar-refractivity contribution >= 4 is 22.8 Å². The summed E-state index contributed by atoms with van der Waals surface area (Å²) in [7, 11) is 0. The number of urea groups is 1. The molecular weight excluding hydrogens is 316 g/mol. The molecule has 5 nitrogen and oxygen atoms in total. The number of amides is 2. The van der Waals surface area contributed by atoms with E-state index in [2.05, 4.69) is 42.6 Å². The van der Waals surface area contributed by atoms with Crippen molar-refractivity contribution in [2.24, 2.45) is 0 Å². The van der Waals surface area contributed by atoms with Crippen LogP contribution in [-0.2, 0) is 4.79 Å². The maximum atomic E-state index is 12.6. The molecule has 1 unspecified atom stereocenters. The average Bonchev–Trinajstić information content (AvgIpc) is 3.43. The summed E-state index contributed by atoms with van der Waals surface area (Å²) in [6.07, 6.45) is 2.58. The molecule has 2 aromatic rings. The van der Waals surface area contributed by atoms with Gasteiger partial charge in [0.2, 0.25) is 0 Å². The van der Waals surface area contributed by atoms with Gasteiger partial charge < -0.3 is 15.3 Å². The minimum absolute atomic E-state index is 0.0171. The Labute approximate surface area is 147 Å². The average molecular weight is 340 g/mol. The Morgan fingerprint density at radius 1 is 1.20 bits per heavy atom. The van der Waals surface area contributed by atoms with Crippen molar-refractivity contribution in [3.8, 4) is 0 Å². The molecule has 3 rings (SSSR count). The van der Waals surface area contributed by atoms with Crippen LogP contribution in [0.4, 0.5) is 4.79 Å². The third-order valence-electron chi connectivity index (χ3n) is 4.69. The van der Waals surface area contributed by atoms with Crippen LogP contribution in [0.5, 0.6) is 0 Å². The molecule has 0 heterocycles. The molecule has 0 radical (unpaired) electrons. The van der Waals surface area contributed by atoms with Crippen LogP contribution in [0.15, 0.2) is 42.5 Å². The first kappa shape index (κ1) is 17.3. The van der Waals surface area contributed by atoms with Gasteiger partial charge in [0.1, 0.15) is 0 Å². The van der Waals surface area contributed by atoms with Gasteiger partial charge in [0.25, 0.3) is 0 Å². The summed E-state index contributed by atoms with van der Waals surface area (Å²) in [5, 5.41) is 13.9. The van der Waals surface area contributed by atoms with E-state index in [-0.39, 0.29) is 24.5 Å². The SMILES string of the molecule is CC(c1ccc2ccccc2c1)N(C(=O)NCCCC(=O)O)C1CC1. The Balaban J connectivity index is 1.70. The summed E-state index contributed by atoms with van der Waals surface area (Å²) in [5.41, 5.74) is 1.12. The van der Waals surface area contributed by atoms with Crippen molar-refractivity contribution in [1.29, 1.82) is 0 Å². The van der Waals surface area contributed by atoms with Crippen LogP contribution in [0.3, 0.4) is 0 Å². The minimum atomic E-state index is -0.835. The van der Waals surface area contributed by atoms with Gasteiger partial charge >= 0.3 is 12.0 Å². The number of hydrogen-bond acceptors (Lipinski definition) is 2. The first-order valence-electron chi connectivity index (χ1n) is 8.83. The molecule has 2 N–H and O–H groups in total. The molecule has 0 saturated heterocycles. The molecule has 0 aromatic heterocycles. The molecule has 0 aliphatic heterocycles. The quantitative estimate of drug-likeness (QED) is 0.750. The molecule has 25 heavy (non-hydrogen) atoms. The monoisotopic (exact) mass is 340 g/mol. The van der Waals surface area contributed by atoms with Crippen LogP contribution in [0.1, 0.15) is 44.2 Å². The van der Waals surface area contributed by atoms with Crippen LogP contribution in [0.2, 0.25) is 0 Å². The Bertz CT molecular complexity index is 770. The number of aliphatic carboxylic acids is 1. The summed E-state index contributed by atoms with van der Waals surface area (Å²) in [6.45, 7) is 2.44. The summed E-state index contributed by atoms with van der Waals surface area (Å²) < 4.78 is 0. The van der Waals surface area contributed by atoms with Gasteiger partial charge in [-0.15, -0.1) is 0 Å². The second-order valence-electron chi connectivity index (χ2n) is 6.65. The maximum Gasteiger partial charge on any atom is 0.318 e. The van der Waals surface area contributed by atoms with Crippen LogP contribution >= 0.6 is 0 Å². The van der Waals surface area contributed by atoms with Gasteiger partial charge in [0.05, 0.1) is 6.04 Å². The molecule has 2 amide bonds. The molecule has 1 aliphatic carbocycles. The Kier molecular flexibility index (Phi) is 5.22. The molecule has 1 aliphatic rings. The first-order chi connectivity index (χ1) is 12.1. The number of nitrogens with one attached hydrogen (secondary N) is 1. The predicted molar refractivity (Wildman–Crippen MR) is 97.5 cm³/mol. The second-order valence-corrected chi connectivity index (χ2v) is 6.65. The highest BCUT2D eigenvalue weighted by Gasteiger charge is 2.36. The zero-order valence-corrected chi connectivity index (χ0v) is 14.4. The maximum absolute atomic E-state index is 12.6. The molecule has 1 saturated carbocycles. The molecule has 0 spiro atoms. The number of hydrogen-bond donors (Lipinski definition) is 2. The number of carboxylic acids is 1. The first-order valence-corrected chi connectivity index (χ1v) is 8.83. The van der Waals surface area contributed by atoms with E-state index < -0.39 is 5.97 Å². The number of fused-ring (bicyclic) bond motifs is 1. The largest absolute Gasteiger partial charge is 0.481 e. The van der Waals surface area contributed by atoms with Crippen molar-refractivity contribution < 1.29 is 14.7 Å². The number of nitrogens with zero attached hydrogens (tertiary/aromatic N) is 1. The van der Waals surface area contributed by atoms with Gasteiger partial charge in [-0.2, -0.15) is 0 Å². The van der Waals surface area contributed by atoms with E-state index in [9.17, 15) is 9.59 Å². The van der Waals surface area contributed by atoms with Crippen LogP contribution in [-0.4, -0.2) is 34.6 Å². The lowest BCUT2D eigenvalue weighted by molar-refractivity contribution is -0.137. The topological polar surface area (TPSA) is 69.6 Å². The molecule has 1 atom stereocenters. The van der Waals surface area contributed by atoms with E-state index in [1.807, 2.05) is 17.0 Å². The summed E-state index contributed by atoms with van der Waals surface area (Å²) >= 11 is 0. The van der Waals surface area contributed by atoms with Crippen LogP contribution in [0.25, 0.3) is 10.8 Å². The second kappa shape index (κ2) is 7.55. The Morgan fingerprint density at radius 3 is 2.60 bits per heavy atom. The fraction of sp³-hybridized carbons (Fsp3) is 0.400. The fourth-order valence-electron chi connectivity index (χ4n) is 3.17. The minimum Gasteiger partial charge on any atom is -0.481 e. The van der Waals surface area contributed by atoms with Gasteiger partial charge in [0.15, 0.2) is 0 Å². The Morgan fingerprint density at radius 2 is 1.92 bits per heavy atom. The van der Waals surface area contributed by atoms with Crippen molar-refractivity contribution in [2.75, 3.05) is 6.54 Å². The van der Waals surface area contributed by atoms with E-state index in [0.29, 0.717) is 13.0 Å². The standard InChI is InChI=1S/C20H24N2O3/c1-14(16-9-8-15-5-2-3-6-17(15)13-16)22(18-10-11-18)20(25)21-12-4-7-19(23)24/h2-3,5-6,8-9,13-14,18H,4,7,10-12H2,1H3,(H,21,25)(H,23,24). The van der Waals surface area contributed by atoms with E-state index >= 15 is 0 Å². The highest BCUT2D eigenvalue weighted by molar-refractivity contribution is 5.83. The highest BCUT2D eigenvalue weighted by atomic mass is 16.4. The van der Waals surface area contributed by atoms with E-state index in [1.54, 1.807) is 0 Å². The Hall–Kier alpha value is -2.56. The smallest absolute Gasteiger partial charge is 0.318 e. The van der Waals surface area contributed by atoms with Crippen molar-refractivity contribution in [2.45, 2.75) is 44.7 Å². The van der Waals surface area contributed by atoms with E-state index in [4.69, 9.17) is 5.11 Å². The number of carbonyl (C=O) groups excluding carboxylic acids is 1. The summed E-state index contributed by atoms with van der Waals surface area (Å²) in [6, 6.07) is 14.7. The summed E-state index contributed by atoms with van der Waals surface area (Å²) in [5.74, 6) is -0.835. The highest BCUT2D eigenvalue weighted by Crippen LogP contribution is 2.35. The molecule has 2 aromatic carbocycles. The zero-order valence-electron chi connectivity index (χ0n) is 14.4. The third kappa shape index (κ3) is 4.29. The summed E-state index contributed by atoms with van der Waals surface area (Å²) in [4.78, 5) is 25.1. The van der Waals surface area contributed by atoms with Gasteiger partial charge in [-0.05, 0) is 48.6 Å². The predicted octanol–water partition coefficient (Wildman–Crippen LogP) is 3.94. The van der Waals surface area contributed by atoms with Gasteiger partial charge in [-0.1, -0.05) is 36.4 Å². The zero-order chi connectivity index (χ0) is 17.8. The number of benzene rings is 2.